The van der Waals surface area contributed by atoms with Gasteiger partial charge in [0.25, 0.3) is 0 Å². The Morgan fingerprint density at radius 3 is 2.72 bits per heavy atom. The van der Waals surface area contributed by atoms with Gasteiger partial charge in [-0.3, -0.25) is 9.13 Å². The highest BCUT2D eigenvalue weighted by Gasteiger charge is 2.26. The van der Waals surface area contributed by atoms with Crippen molar-refractivity contribution in [1.82, 2.24) is 9.13 Å². The Bertz CT molecular complexity index is 621. The number of hydrogen-bond donors (Lipinski definition) is 0. The summed E-state index contributed by atoms with van der Waals surface area (Å²) in [5.41, 5.74) is 2.94. The van der Waals surface area contributed by atoms with E-state index in [4.69, 9.17) is 0 Å². The molecule has 0 saturated heterocycles. The molecule has 0 aliphatic heterocycles. The van der Waals surface area contributed by atoms with Gasteiger partial charge in [-0.2, -0.15) is 0 Å². The average Bonchev–Trinajstić information content (AvgIpc) is 2.68. The number of imidazole rings is 1. The predicted molar refractivity (Wildman–Crippen MR) is 72.0 cm³/mol. The maximum atomic E-state index is 12.1. The lowest BCUT2D eigenvalue weighted by molar-refractivity contribution is 0.481. The summed E-state index contributed by atoms with van der Waals surface area (Å²) >= 11 is 0. The van der Waals surface area contributed by atoms with Crippen molar-refractivity contribution in [1.29, 1.82) is 0 Å². The molecule has 1 aliphatic rings. The number of benzene rings is 1. The average molecular weight is 242 g/mol. The lowest BCUT2D eigenvalue weighted by atomic mass is 9.77. The van der Waals surface area contributed by atoms with Gasteiger partial charge in [-0.25, -0.2) is 4.79 Å². The predicted octanol–water partition coefficient (Wildman–Crippen LogP) is 2.57. The molecule has 0 fully saturated rings. The monoisotopic (exact) mass is 242 g/mol. The molecular weight excluding hydrogens is 224 g/mol. The van der Waals surface area contributed by atoms with E-state index in [2.05, 4.69) is 24.3 Å². The normalized spacial score (nSPS) is 17.6. The first kappa shape index (κ1) is 11.3. The van der Waals surface area contributed by atoms with Gasteiger partial charge in [-0.15, -0.1) is 0 Å². The van der Waals surface area contributed by atoms with Crippen LogP contribution in [0.1, 0.15) is 36.9 Å². The Labute approximate surface area is 107 Å². The quantitative estimate of drug-likeness (QED) is 0.812. The molecule has 1 unspecified atom stereocenters. The van der Waals surface area contributed by atoms with E-state index in [0.29, 0.717) is 5.92 Å². The molecule has 0 radical (unpaired) electrons. The van der Waals surface area contributed by atoms with Crippen LogP contribution in [-0.2, 0) is 13.0 Å². The van der Waals surface area contributed by atoms with Crippen LogP contribution >= 0.6 is 0 Å². The molecule has 0 saturated carbocycles. The van der Waals surface area contributed by atoms with E-state index in [0.717, 1.165) is 13.0 Å². The maximum Gasteiger partial charge on any atom is 0.328 e. The third-order valence-corrected chi connectivity index (χ3v) is 3.81. The molecule has 3 rings (SSSR count). The summed E-state index contributed by atoms with van der Waals surface area (Å²) in [6, 6.07) is 8.73. The summed E-state index contributed by atoms with van der Waals surface area (Å²) in [7, 11) is 0. The van der Waals surface area contributed by atoms with Gasteiger partial charge >= 0.3 is 5.69 Å². The minimum Gasteiger partial charge on any atom is -0.299 e. The van der Waals surface area contributed by atoms with Gasteiger partial charge in [0, 0.05) is 30.9 Å². The van der Waals surface area contributed by atoms with E-state index in [9.17, 15) is 4.79 Å². The van der Waals surface area contributed by atoms with Crippen molar-refractivity contribution in [3.8, 4) is 0 Å². The fourth-order valence-corrected chi connectivity index (χ4v) is 2.72. The van der Waals surface area contributed by atoms with Crippen LogP contribution < -0.4 is 5.69 Å². The van der Waals surface area contributed by atoms with Gasteiger partial charge in [-0.1, -0.05) is 24.3 Å². The van der Waals surface area contributed by atoms with Crippen LogP contribution in [0.15, 0.2) is 41.5 Å². The number of hydrogen-bond acceptors (Lipinski definition) is 1. The Kier molecular flexibility index (Phi) is 2.62. The molecule has 2 aromatic rings. The van der Waals surface area contributed by atoms with Crippen molar-refractivity contribution in [2.24, 2.45) is 0 Å². The van der Waals surface area contributed by atoms with E-state index in [-0.39, 0.29) is 11.7 Å². The minimum absolute atomic E-state index is 0.106. The lowest BCUT2D eigenvalue weighted by Crippen LogP contribution is -2.30. The summed E-state index contributed by atoms with van der Waals surface area (Å²) in [4.78, 5) is 12.1. The van der Waals surface area contributed by atoms with E-state index in [1.54, 1.807) is 4.57 Å². The van der Waals surface area contributed by atoms with Crippen LogP contribution in [-0.4, -0.2) is 9.13 Å². The van der Waals surface area contributed by atoms with Gasteiger partial charge in [0.1, 0.15) is 0 Å². The first-order valence-corrected chi connectivity index (χ1v) is 6.52. The molecule has 1 aliphatic carbocycles. The first-order chi connectivity index (χ1) is 8.66. The maximum absolute atomic E-state index is 12.1. The second-order valence-corrected chi connectivity index (χ2v) is 5.33. The zero-order valence-electron chi connectivity index (χ0n) is 10.8. The molecule has 0 amide bonds. The van der Waals surface area contributed by atoms with Gasteiger partial charge in [-0.05, 0) is 31.4 Å². The lowest BCUT2D eigenvalue weighted by Gasteiger charge is -2.30. The number of fused-ring (bicyclic) bond motifs is 1. The van der Waals surface area contributed by atoms with Crippen molar-refractivity contribution >= 4 is 0 Å². The van der Waals surface area contributed by atoms with Crippen molar-refractivity contribution < 1.29 is 0 Å². The van der Waals surface area contributed by atoms with E-state index in [1.165, 1.54) is 11.1 Å². The third kappa shape index (κ3) is 1.70. The second kappa shape index (κ2) is 4.16. The Morgan fingerprint density at radius 2 is 2.06 bits per heavy atom. The van der Waals surface area contributed by atoms with E-state index in [1.807, 2.05) is 30.8 Å². The zero-order valence-corrected chi connectivity index (χ0v) is 10.8. The summed E-state index contributed by atoms with van der Waals surface area (Å²) in [5, 5.41) is 0. The summed E-state index contributed by atoms with van der Waals surface area (Å²) in [6.07, 6.45) is 4.89. The second-order valence-electron chi connectivity index (χ2n) is 5.33. The molecule has 1 heterocycles. The number of rotatable bonds is 3. The molecule has 1 aromatic carbocycles. The molecular formula is C15H18N2O. The van der Waals surface area contributed by atoms with Crippen LogP contribution in [0.3, 0.4) is 0 Å². The smallest absolute Gasteiger partial charge is 0.299 e. The molecule has 3 heteroatoms. The van der Waals surface area contributed by atoms with Crippen LogP contribution in [0.25, 0.3) is 0 Å². The van der Waals surface area contributed by atoms with Gasteiger partial charge in [0.05, 0.1) is 0 Å². The largest absolute Gasteiger partial charge is 0.328 e. The Hall–Kier alpha value is -1.77. The SMILES string of the molecule is CC(C)n1ccn(CC2Cc3ccccc32)c1=O. The molecule has 3 nitrogen and oxygen atoms in total. The van der Waals surface area contributed by atoms with Crippen molar-refractivity contribution in [2.45, 2.75) is 38.8 Å². The van der Waals surface area contributed by atoms with Crippen molar-refractivity contribution in [2.75, 3.05) is 0 Å². The summed E-state index contributed by atoms with van der Waals surface area (Å²) in [6.45, 7) is 4.87. The Morgan fingerprint density at radius 1 is 1.28 bits per heavy atom. The summed E-state index contributed by atoms with van der Waals surface area (Å²) in [5.74, 6) is 0.502. The van der Waals surface area contributed by atoms with E-state index < -0.39 is 0 Å². The van der Waals surface area contributed by atoms with Crippen molar-refractivity contribution in [3.63, 3.8) is 0 Å². The highest BCUT2D eigenvalue weighted by molar-refractivity contribution is 5.39. The van der Waals surface area contributed by atoms with Gasteiger partial charge in [0.2, 0.25) is 0 Å². The summed E-state index contributed by atoms with van der Waals surface area (Å²) < 4.78 is 3.62. The van der Waals surface area contributed by atoms with Crippen molar-refractivity contribution in [3.05, 3.63) is 58.3 Å². The molecule has 0 N–H and O–H groups in total. The van der Waals surface area contributed by atoms with Crippen LogP contribution in [0, 0.1) is 0 Å². The molecule has 1 atom stereocenters. The van der Waals surface area contributed by atoms with Crippen LogP contribution in [0.5, 0.6) is 0 Å². The topological polar surface area (TPSA) is 26.9 Å². The molecule has 1 aromatic heterocycles. The first-order valence-electron chi connectivity index (χ1n) is 6.52. The Balaban J connectivity index is 1.82. The zero-order chi connectivity index (χ0) is 12.7. The molecule has 94 valence electrons. The van der Waals surface area contributed by atoms with Gasteiger partial charge < -0.3 is 0 Å². The van der Waals surface area contributed by atoms with Gasteiger partial charge in [0.15, 0.2) is 0 Å². The fraction of sp³-hybridized carbons (Fsp3) is 0.400. The standard InChI is InChI=1S/C15H18N2O/c1-11(2)17-8-7-16(15(17)18)10-13-9-12-5-3-4-6-14(12)13/h3-8,11,13H,9-10H2,1-2H3. The number of nitrogens with zero attached hydrogens (tertiary/aromatic N) is 2. The van der Waals surface area contributed by atoms with E-state index >= 15 is 0 Å². The molecule has 18 heavy (non-hydrogen) atoms. The van der Waals surface area contributed by atoms with Crippen LogP contribution in [0.4, 0.5) is 0 Å². The highest BCUT2D eigenvalue weighted by atomic mass is 16.1. The molecule has 0 spiro atoms. The van der Waals surface area contributed by atoms with Crippen LogP contribution in [0.2, 0.25) is 0 Å². The minimum atomic E-state index is 0.106. The fourth-order valence-electron chi connectivity index (χ4n) is 2.72. The number of aromatic nitrogens is 2. The highest BCUT2D eigenvalue weighted by Crippen LogP contribution is 2.35. The third-order valence-electron chi connectivity index (χ3n) is 3.81. The molecule has 0 bridgehead atoms.